The number of aryl methyl sites for hydroxylation is 1. The Labute approximate surface area is 261 Å². The Morgan fingerprint density at radius 2 is 1.68 bits per heavy atom. The van der Waals surface area contributed by atoms with Crippen LogP contribution in [-0.2, 0) is 19.1 Å². The molecule has 0 bridgehead atoms. The minimum Gasteiger partial charge on any atom is -0.463 e. The number of esters is 2. The summed E-state index contributed by atoms with van der Waals surface area (Å²) in [7, 11) is 0. The third kappa shape index (κ3) is 6.56. The van der Waals surface area contributed by atoms with Gasteiger partial charge in [0.25, 0.3) is 11.5 Å². The lowest BCUT2D eigenvalue weighted by molar-refractivity contribution is -0.139. The van der Waals surface area contributed by atoms with Crippen LogP contribution >= 0.6 is 22.9 Å². The van der Waals surface area contributed by atoms with Crippen LogP contribution < -0.4 is 20.2 Å². The Balaban J connectivity index is 1.38. The first-order valence-corrected chi connectivity index (χ1v) is 14.9. The number of hydrogen-bond donors (Lipinski definition) is 1. The van der Waals surface area contributed by atoms with E-state index in [4.69, 9.17) is 21.1 Å². The van der Waals surface area contributed by atoms with Crippen LogP contribution in [0.2, 0.25) is 5.02 Å². The van der Waals surface area contributed by atoms with Gasteiger partial charge in [0.15, 0.2) is 11.4 Å². The van der Waals surface area contributed by atoms with E-state index in [2.05, 4.69) is 10.3 Å². The average Bonchev–Trinajstić information content (AvgIpc) is 3.31. The number of ether oxygens (including phenoxy) is 2. The van der Waals surface area contributed by atoms with Crippen molar-refractivity contribution in [2.24, 2.45) is 4.99 Å². The molecule has 224 valence electrons. The van der Waals surface area contributed by atoms with Crippen LogP contribution in [0.3, 0.4) is 0 Å². The molecule has 0 radical (unpaired) electrons. The van der Waals surface area contributed by atoms with E-state index in [1.165, 1.54) is 15.9 Å². The fourth-order valence-electron chi connectivity index (χ4n) is 4.70. The van der Waals surface area contributed by atoms with Gasteiger partial charge in [-0.1, -0.05) is 71.0 Å². The normalized spacial score (nSPS) is 14.5. The van der Waals surface area contributed by atoms with Gasteiger partial charge < -0.3 is 14.8 Å². The molecule has 4 aromatic rings. The van der Waals surface area contributed by atoms with Crippen molar-refractivity contribution in [2.45, 2.75) is 26.8 Å². The molecule has 3 aromatic carbocycles. The minimum atomic E-state index is -0.818. The molecule has 1 aliphatic rings. The molecule has 0 saturated heterocycles. The average molecular weight is 630 g/mol. The Morgan fingerprint density at radius 3 is 2.36 bits per heavy atom. The van der Waals surface area contributed by atoms with Crippen molar-refractivity contribution in [2.75, 3.05) is 18.5 Å². The highest BCUT2D eigenvalue weighted by Crippen LogP contribution is 2.34. The largest absolute Gasteiger partial charge is 0.463 e. The molecular formula is C33H28ClN3O6S. The van der Waals surface area contributed by atoms with Gasteiger partial charge in [0, 0.05) is 10.7 Å². The van der Waals surface area contributed by atoms with Crippen LogP contribution in [-0.4, -0.2) is 35.6 Å². The molecule has 1 amide bonds. The Hall–Kier alpha value is -4.80. The van der Waals surface area contributed by atoms with Gasteiger partial charge in [-0.05, 0) is 68.3 Å². The quantitative estimate of drug-likeness (QED) is 0.286. The molecule has 2 heterocycles. The molecule has 1 aromatic heterocycles. The lowest BCUT2D eigenvalue weighted by Crippen LogP contribution is -2.40. The molecule has 44 heavy (non-hydrogen) atoms. The summed E-state index contributed by atoms with van der Waals surface area (Å²) < 4.78 is 12.3. The van der Waals surface area contributed by atoms with E-state index in [1.54, 1.807) is 80.6 Å². The van der Waals surface area contributed by atoms with Crippen molar-refractivity contribution in [1.82, 2.24) is 4.57 Å². The van der Waals surface area contributed by atoms with Crippen molar-refractivity contribution in [3.8, 4) is 0 Å². The Morgan fingerprint density at radius 1 is 0.977 bits per heavy atom. The smallest absolute Gasteiger partial charge is 0.338 e. The number of benzene rings is 3. The first-order valence-electron chi connectivity index (χ1n) is 13.7. The van der Waals surface area contributed by atoms with Gasteiger partial charge in [-0.2, -0.15) is 0 Å². The van der Waals surface area contributed by atoms with Crippen LogP contribution in [0.15, 0.2) is 93.9 Å². The fraction of sp³-hybridized carbons (Fsp3) is 0.182. The highest BCUT2D eigenvalue weighted by Gasteiger charge is 2.34. The predicted molar refractivity (Wildman–Crippen MR) is 168 cm³/mol. The Bertz CT molecular complexity index is 1960. The van der Waals surface area contributed by atoms with Gasteiger partial charge in [0.1, 0.15) is 6.04 Å². The molecule has 1 N–H and O–H groups in total. The van der Waals surface area contributed by atoms with Crippen LogP contribution in [0.25, 0.3) is 6.08 Å². The summed E-state index contributed by atoms with van der Waals surface area (Å²) in [4.78, 5) is 56.5. The van der Waals surface area contributed by atoms with Crippen LogP contribution in [0.1, 0.15) is 46.9 Å². The molecule has 0 fully saturated rings. The van der Waals surface area contributed by atoms with Crippen LogP contribution in [0.5, 0.6) is 0 Å². The lowest BCUT2D eigenvalue weighted by Gasteiger charge is -2.25. The molecular weight excluding hydrogens is 602 g/mol. The summed E-state index contributed by atoms with van der Waals surface area (Å²) in [6, 6.07) is 19.9. The summed E-state index contributed by atoms with van der Waals surface area (Å²) in [5.74, 6) is -1.68. The maximum absolute atomic E-state index is 13.8. The number of thiazole rings is 1. The van der Waals surface area contributed by atoms with Gasteiger partial charge in [-0.3, -0.25) is 14.2 Å². The van der Waals surface area contributed by atoms with Gasteiger partial charge in [-0.15, -0.1) is 0 Å². The van der Waals surface area contributed by atoms with Gasteiger partial charge in [0.05, 0.1) is 28.0 Å². The van der Waals surface area contributed by atoms with E-state index in [0.29, 0.717) is 36.9 Å². The summed E-state index contributed by atoms with van der Waals surface area (Å²) >= 11 is 7.72. The summed E-state index contributed by atoms with van der Waals surface area (Å²) in [5, 5.41) is 3.08. The second kappa shape index (κ2) is 13.2. The van der Waals surface area contributed by atoms with Crippen molar-refractivity contribution in [3.63, 3.8) is 0 Å². The molecule has 0 saturated carbocycles. The second-order valence-electron chi connectivity index (χ2n) is 9.94. The van der Waals surface area contributed by atoms with Gasteiger partial charge in [0.2, 0.25) is 0 Å². The summed E-state index contributed by atoms with van der Waals surface area (Å²) in [6.45, 7) is 5.09. The predicted octanol–water partition coefficient (Wildman–Crippen LogP) is 4.56. The third-order valence-electron chi connectivity index (χ3n) is 6.83. The first kappa shape index (κ1) is 30.7. The first-order chi connectivity index (χ1) is 21.2. The molecule has 5 rings (SSSR count). The standard InChI is InChI=1S/C33H28ClN3O6S/c1-4-42-32(41)28-20(3)35-33-37(29(28)24-7-5-6-8-25(24)34)30(39)26(44-33)17-21-11-13-22(14-12-21)31(40)43-18-27(38)36-23-15-9-19(2)10-16-23/h5-17,29H,4,18H2,1-3H3,(H,36,38)/b26-17+/t29-/m0/s1. The van der Waals surface area contributed by atoms with Crippen molar-refractivity contribution in [3.05, 3.63) is 131 Å². The van der Waals surface area contributed by atoms with Gasteiger partial charge in [-0.25, -0.2) is 14.6 Å². The zero-order chi connectivity index (χ0) is 31.4. The molecule has 0 aliphatic carbocycles. The molecule has 1 aliphatic heterocycles. The number of carbonyl (C=O) groups excluding carboxylic acids is 3. The maximum Gasteiger partial charge on any atom is 0.338 e. The SMILES string of the molecule is CCOC(=O)C1=C(C)N=c2s/c(=C/c3ccc(C(=O)OCC(=O)Nc4ccc(C)cc4)cc3)c(=O)n2[C@H]1c1ccccc1Cl. The highest BCUT2D eigenvalue weighted by molar-refractivity contribution is 7.07. The van der Waals surface area contributed by atoms with Crippen molar-refractivity contribution >= 4 is 52.5 Å². The van der Waals surface area contributed by atoms with E-state index in [0.717, 1.165) is 5.56 Å². The van der Waals surface area contributed by atoms with E-state index in [1.807, 2.05) is 19.1 Å². The zero-order valence-corrected chi connectivity index (χ0v) is 25.7. The number of allylic oxidation sites excluding steroid dienone is 1. The number of rotatable bonds is 8. The van der Waals surface area contributed by atoms with E-state index in [9.17, 15) is 19.2 Å². The fourth-order valence-corrected chi connectivity index (χ4v) is 5.98. The topological polar surface area (TPSA) is 116 Å². The molecule has 9 nitrogen and oxygen atoms in total. The number of hydrogen-bond acceptors (Lipinski definition) is 8. The number of aromatic nitrogens is 1. The van der Waals surface area contributed by atoms with E-state index < -0.39 is 30.5 Å². The highest BCUT2D eigenvalue weighted by atomic mass is 35.5. The number of amides is 1. The van der Waals surface area contributed by atoms with Crippen LogP contribution in [0, 0.1) is 6.92 Å². The molecule has 0 spiro atoms. The number of nitrogens with one attached hydrogen (secondary N) is 1. The molecule has 11 heteroatoms. The second-order valence-corrected chi connectivity index (χ2v) is 11.4. The molecule has 1 atom stereocenters. The summed E-state index contributed by atoms with van der Waals surface area (Å²) in [5.41, 5.74) is 3.48. The van der Waals surface area contributed by atoms with E-state index in [-0.39, 0.29) is 23.3 Å². The van der Waals surface area contributed by atoms with Crippen LogP contribution in [0.4, 0.5) is 5.69 Å². The van der Waals surface area contributed by atoms with Crippen molar-refractivity contribution < 1.29 is 23.9 Å². The Kier molecular flexibility index (Phi) is 9.22. The third-order valence-corrected chi connectivity index (χ3v) is 8.16. The molecule has 0 unspecified atom stereocenters. The maximum atomic E-state index is 13.8. The number of anilines is 1. The zero-order valence-electron chi connectivity index (χ0n) is 24.1. The van der Waals surface area contributed by atoms with Gasteiger partial charge >= 0.3 is 11.9 Å². The number of halogens is 1. The number of carbonyl (C=O) groups is 3. The number of fused-ring (bicyclic) bond motifs is 1. The minimum absolute atomic E-state index is 0.166. The van der Waals surface area contributed by atoms with Crippen molar-refractivity contribution in [1.29, 1.82) is 0 Å². The summed E-state index contributed by atoms with van der Waals surface area (Å²) in [6.07, 6.45) is 1.68. The van der Waals surface area contributed by atoms with E-state index >= 15 is 0 Å². The monoisotopic (exact) mass is 629 g/mol. The number of nitrogens with zero attached hydrogens (tertiary/aromatic N) is 2. The lowest BCUT2D eigenvalue weighted by atomic mass is 9.96.